The number of hydrogen-bond donors (Lipinski definition) is 3. The van der Waals surface area contributed by atoms with Gasteiger partial charge in [0.1, 0.15) is 11.6 Å². The first kappa shape index (κ1) is 20.4. The molecule has 1 atom stereocenters. The maximum Gasteiger partial charge on any atom is 0.129 e. The van der Waals surface area contributed by atoms with Crippen molar-refractivity contribution in [2.24, 2.45) is 0 Å². The van der Waals surface area contributed by atoms with Crippen LogP contribution in [0.15, 0.2) is 48.5 Å². The number of hydrogen-bond acceptors (Lipinski definition) is 3. The first-order valence-electron chi connectivity index (χ1n) is 7.83. The molecule has 2 rings (SSSR count). The van der Waals surface area contributed by atoms with Gasteiger partial charge in [-0.3, -0.25) is 0 Å². The van der Waals surface area contributed by atoms with Crippen LogP contribution in [0.1, 0.15) is 37.5 Å². The van der Waals surface area contributed by atoms with E-state index in [9.17, 15) is 14.6 Å². The lowest BCUT2D eigenvalue weighted by atomic mass is 9.94. The molecule has 1 unspecified atom stereocenters. The highest BCUT2D eigenvalue weighted by atomic mass is 35.5. The summed E-state index contributed by atoms with van der Waals surface area (Å²) in [6.07, 6.45) is 0.849. The van der Waals surface area contributed by atoms with E-state index in [1.807, 2.05) is 12.1 Å². The molecule has 0 saturated heterocycles. The Morgan fingerprint density at radius 1 is 1.08 bits per heavy atom. The Kier molecular flexibility index (Phi) is 7.67. The average Bonchev–Trinajstić information content (AvgIpc) is 2.53. The lowest BCUT2D eigenvalue weighted by Crippen LogP contribution is -2.42. The molecule has 132 valence electrons. The topological polar surface area (TPSA) is 52.5 Å². The van der Waals surface area contributed by atoms with Crippen molar-refractivity contribution in [3.05, 3.63) is 65.5 Å². The van der Waals surface area contributed by atoms with E-state index in [1.54, 1.807) is 30.3 Å². The summed E-state index contributed by atoms with van der Waals surface area (Å²) in [7, 11) is 0. The summed E-state index contributed by atoms with van der Waals surface area (Å²) in [4.78, 5) is 0. The highest BCUT2D eigenvalue weighted by Crippen LogP contribution is 2.19. The number of phenols is 1. The third kappa shape index (κ3) is 6.11. The van der Waals surface area contributed by atoms with Crippen molar-refractivity contribution in [3.8, 4) is 5.75 Å². The van der Waals surface area contributed by atoms with E-state index < -0.39 is 6.10 Å². The second-order valence-electron chi connectivity index (χ2n) is 6.47. The minimum Gasteiger partial charge on any atom is -0.508 e. The number of β-amino-alcohol motifs (C(OH)–C–C–N with tert-alkyl or cyclic N) is 1. The van der Waals surface area contributed by atoms with Gasteiger partial charge in [-0.2, -0.15) is 0 Å². The van der Waals surface area contributed by atoms with Crippen LogP contribution >= 0.6 is 12.4 Å². The first-order chi connectivity index (χ1) is 10.9. The van der Waals surface area contributed by atoms with Gasteiger partial charge in [0, 0.05) is 17.6 Å². The van der Waals surface area contributed by atoms with Crippen LogP contribution in [0.2, 0.25) is 0 Å². The van der Waals surface area contributed by atoms with Crippen LogP contribution in [0.25, 0.3) is 0 Å². The van der Waals surface area contributed by atoms with Crippen molar-refractivity contribution in [2.75, 3.05) is 6.54 Å². The van der Waals surface area contributed by atoms with Crippen LogP contribution in [0.5, 0.6) is 5.75 Å². The molecule has 0 fully saturated rings. The molecule has 0 saturated carbocycles. The molecule has 0 amide bonds. The van der Waals surface area contributed by atoms with Gasteiger partial charge in [0.05, 0.1) is 6.10 Å². The van der Waals surface area contributed by atoms with Gasteiger partial charge in [-0.1, -0.05) is 30.3 Å². The van der Waals surface area contributed by atoms with Gasteiger partial charge in [-0.25, -0.2) is 4.39 Å². The second kappa shape index (κ2) is 9.02. The molecule has 0 aliphatic heterocycles. The van der Waals surface area contributed by atoms with Crippen LogP contribution in [0.3, 0.4) is 0 Å². The molecule has 0 aliphatic rings. The number of rotatable bonds is 7. The average molecular weight is 354 g/mol. The molecule has 0 spiro atoms. The van der Waals surface area contributed by atoms with Crippen molar-refractivity contribution in [2.45, 2.75) is 38.3 Å². The van der Waals surface area contributed by atoms with E-state index in [0.717, 1.165) is 18.4 Å². The zero-order chi connectivity index (χ0) is 16.9. The van der Waals surface area contributed by atoms with Crippen molar-refractivity contribution < 1.29 is 14.6 Å². The first-order valence-corrected chi connectivity index (χ1v) is 7.83. The third-order valence-electron chi connectivity index (χ3n) is 4.01. The molecule has 0 heterocycles. The van der Waals surface area contributed by atoms with Crippen molar-refractivity contribution in [1.82, 2.24) is 5.32 Å². The Bertz CT molecular complexity index is 632. The smallest absolute Gasteiger partial charge is 0.129 e. The van der Waals surface area contributed by atoms with Crippen molar-refractivity contribution >= 4 is 12.4 Å². The summed E-state index contributed by atoms with van der Waals surface area (Å²) in [6, 6.07) is 13.5. The number of benzene rings is 2. The number of halogens is 2. The quantitative estimate of drug-likeness (QED) is 0.705. The van der Waals surface area contributed by atoms with E-state index in [2.05, 4.69) is 19.2 Å². The van der Waals surface area contributed by atoms with Crippen molar-refractivity contribution in [3.63, 3.8) is 0 Å². The lowest BCUT2D eigenvalue weighted by Gasteiger charge is -2.28. The number of aryl methyl sites for hydroxylation is 1. The maximum atomic E-state index is 13.7. The Balaban J connectivity index is 0.00000288. The van der Waals surface area contributed by atoms with E-state index in [-0.39, 0.29) is 29.5 Å². The molecule has 2 aromatic carbocycles. The molecule has 24 heavy (non-hydrogen) atoms. The predicted octanol–water partition coefficient (Wildman–Crippen LogP) is 3.99. The zero-order valence-corrected chi connectivity index (χ0v) is 14.8. The highest BCUT2D eigenvalue weighted by Gasteiger charge is 2.20. The van der Waals surface area contributed by atoms with Crippen LogP contribution in [0.4, 0.5) is 4.39 Å². The molecule has 0 bridgehead atoms. The van der Waals surface area contributed by atoms with Crippen LogP contribution < -0.4 is 5.32 Å². The highest BCUT2D eigenvalue weighted by molar-refractivity contribution is 5.85. The monoisotopic (exact) mass is 353 g/mol. The Labute approximate surface area is 149 Å². The van der Waals surface area contributed by atoms with E-state index in [0.29, 0.717) is 12.1 Å². The van der Waals surface area contributed by atoms with Gasteiger partial charge in [0.25, 0.3) is 0 Å². The molecule has 0 aromatic heterocycles. The van der Waals surface area contributed by atoms with Gasteiger partial charge in [0.15, 0.2) is 0 Å². The Hall–Kier alpha value is -1.62. The molecule has 3 N–H and O–H groups in total. The summed E-state index contributed by atoms with van der Waals surface area (Å²) >= 11 is 0. The summed E-state index contributed by atoms with van der Waals surface area (Å²) in [5.74, 6) is -0.122. The fraction of sp³-hybridized carbons (Fsp3) is 0.368. The Morgan fingerprint density at radius 3 is 2.33 bits per heavy atom. The molecule has 0 aliphatic carbocycles. The van der Waals surface area contributed by atoms with Crippen LogP contribution in [-0.4, -0.2) is 22.3 Å². The fourth-order valence-electron chi connectivity index (χ4n) is 2.44. The number of aromatic hydroxyl groups is 1. The molecule has 5 heteroatoms. The normalized spacial score (nSPS) is 12.5. The summed E-state index contributed by atoms with van der Waals surface area (Å²) < 4.78 is 13.7. The van der Waals surface area contributed by atoms with E-state index in [4.69, 9.17) is 0 Å². The molecular weight excluding hydrogens is 329 g/mol. The zero-order valence-electron chi connectivity index (χ0n) is 14.0. The standard InChI is InChI=1S/C19H24FNO2.ClH/c1-19(2,12-11-14-7-9-15(22)10-8-14)21-13-18(23)16-5-3-4-6-17(16)20;/h3-10,18,21-23H,11-13H2,1-2H3;1H. The number of aliphatic hydroxyl groups excluding tert-OH is 1. The third-order valence-corrected chi connectivity index (χ3v) is 4.01. The van der Waals surface area contributed by atoms with Crippen LogP contribution in [-0.2, 0) is 6.42 Å². The summed E-state index contributed by atoms with van der Waals surface area (Å²) in [5.41, 5.74) is 1.27. The lowest BCUT2D eigenvalue weighted by molar-refractivity contribution is 0.155. The fourth-order valence-corrected chi connectivity index (χ4v) is 2.44. The van der Waals surface area contributed by atoms with Gasteiger partial charge in [-0.05, 0) is 50.5 Å². The minimum absolute atomic E-state index is 0. The summed E-state index contributed by atoms with van der Waals surface area (Å²) in [5, 5.41) is 22.7. The number of nitrogens with one attached hydrogen (secondary N) is 1. The van der Waals surface area contributed by atoms with Gasteiger partial charge in [0.2, 0.25) is 0 Å². The predicted molar refractivity (Wildman–Crippen MR) is 97.1 cm³/mol. The minimum atomic E-state index is -0.871. The summed E-state index contributed by atoms with van der Waals surface area (Å²) in [6.45, 7) is 4.41. The molecular formula is C19H25ClFNO2. The molecule has 2 aromatic rings. The molecule has 3 nitrogen and oxygen atoms in total. The van der Waals surface area contributed by atoms with Gasteiger partial charge in [-0.15, -0.1) is 12.4 Å². The van der Waals surface area contributed by atoms with E-state index >= 15 is 0 Å². The van der Waals surface area contributed by atoms with Gasteiger partial charge >= 0.3 is 0 Å². The van der Waals surface area contributed by atoms with Gasteiger partial charge < -0.3 is 15.5 Å². The Morgan fingerprint density at radius 2 is 1.71 bits per heavy atom. The molecule has 0 radical (unpaired) electrons. The SMILES string of the molecule is CC(C)(CCc1ccc(O)cc1)NCC(O)c1ccccc1F.Cl. The van der Waals surface area contributed by atoms with Crippen molar-refractivity contribution in [1.29, 1.82) is 0 Å². The van der Waals surface area contributed by atoms with Crippen LogP contribution in [0, 0.1) is 5.82 Å². The largest absolute Gasteiger partial charge is 0.508 e. The maximum absolute atomic E-state index is 13.7. The number of aliphatic hydroxyl groups is 1. The number of phenolic OH excluding ortho intramolecular Hbond substituents is 1. The van der Waals surface area contributed by atoms with E-state index in [1.165, 1.54) is 6.07 Å². The second-order valence-corrected chi connectivity index (χ2v) is 6.47.